The van der Waals surface area contributed by atoms with Crippen LogP contribution in [0.4, 0.5) is 0 Å². The second-order valence-corrected chi connectivity index (χ2v) is 5.33. The number of benzene rings is 1. The van der Waals surface area contributed by atoms with Gasteiger partial charge in [0.15, 0.2) is 0 Å². The lowest BCUT2D eigenvalue weighted by Gasteiger charge is -2.24. The maximum Gasteiger partial charge on any atom is 0.261 e. The molecule has 6 nitrogen and oxygen atoms in total. The lowest BCUT2D eigenvalue weighted by atomic mass is 10.1. The minimum atomic E-state index is -0.495. The summed E-state index contributed by atoms with van der Waals surface area (Å²) in [5.41, 5.74) is 5.46. The van der Waals surface area contributed by atoms with Crippen molar-refractivity contribution in [3.63, 3.8) is 0 Å². The zero-order valence-corrected chi connectivity index (χ0v) is 11.6. The van der Waals surface area contributed by atoms with Crippen molar-refractivity contribution >= 4 is 16.8 Å². The van der Waals surface area contributed by atoms with Gasteiger partial charge in [-0.3, -0.25) is 14.2 Å². The molecule has 0 saturated heterocycles. The van der Waals surface area contributed by atoms with Crippen LogP contribution in [-0.4, -0.2) is 27.5 Å². The lowest BCUT2D eigenvalue weighted by Crippen LogP contribution is -2.50. The first-order valence-electron chi connectivity index (χ1n) is 6.38. The number of rotatable bonds is 4. The Morgan fingerprint density at radius 3 is 2.80 bits per heavy atom. The van der Waals surface area contributed by atoms with Gasteiger partial charge in [0.2, 0.25) is 5.91 Å². The standard InChI is InChI=1S/C14H18N4O2/c1-14(2,8-15)17-12(19)7-18-9-16-11-6-4-3-5-10(11)13(18)20/h3-6,9H,7-8,15H2,1-2H3,(H,17,19). The number of para-hydroxylation sites is 1. The quantitative estimate of drug-likeness (QED) is 0.836. The normalized spacial score (nSPS) is 11.6. The Balaban J connectivity index is 2.24. The molecule has 1 aromatic carbocycles. The molecule has 0 fully saturated rings. The summed E-state index contributed by atoms with van der Waals surface area (Å²) in [6, 6.07) is 7.05. The predicted molar refractivity (Wildman–Crippen MR) is 77.3 cm³/mol. The molecule has 20 heavy (non-hydrogen) atoms. The van der Waals surface area contributed by atoms with E-state index in [0.29, 0.717) is 17.4 Å². The van der Waals surface area contributed by atoms with Crippen molar-refractivity contribution in [2.24, 2.45) is 5.73 Å². The Bertz CT molecular complexity index is 691. The predicted octanol–water partition coefficient (Wildman–Crippen LogP) is 0.250. The molecule has 0 unspecified atom stereocenters. The first-order valence-corrected chi connectivity index (χ1v) is 6.38. The number of fused-ring (bicyclic) bond motifs is 1. The third kappa shape index (κ3) is 3.03. The minimum Gasteiger partial charge on any atom is -0.348 e. The highest BCUT2D eigenvalue weighted by Gasteiger charge is 2.18. The van der Waals surface area contributed by atoms with Gasteiger partial charge in [-0.15, -0.1) is 0 Å². The molecule has 0 bridgehead atoms. The number of carbonyl (C=O) groups is 1. The van der Waals surface area contributed by atoms with Gasteiger partial charge in [0.25, 0.3) is 5.56 Å². The Hall–Kier alpha value is -2.21. The second kappa shape index (κ2) is 5.42. The van der Waals surface area contributed by atoms with Gasteiger partial charge in [0, 0.05) is 12.1 Å². The van der Waals surface area contributed by atoms with E-state index < -0.39 is 5.54 Å². The Kier molecular flexibility index (Phi) is 3.85. The van der Waals surface area contributed by atoms with Crippen LogP contribution in [0.1, 0.15) is 13.8 Å². The highest BCUT2D eigenvalue weighted by atomic mass is 16.2. The summed E-state index contributed by atoms with van der Waals surface area (Å²) in [4.78, 5) is 28.3. The van der Waals surface area contributed by atoms with Gasteiger partial charge in [-0.1, -0.05) is 12.1 Å². The molecular weight excluding hydrogens is 256 g/mol. The van der Waals surface area contributed by atoms with Crippen LogP contribution >= 0.6 is 0 Å². The molecule has 3 N–H and O–H groups in total. The Morgan fingerprint density at radius 2 is 2.10 bits per heavy atom. The monoisotopic (exact) mass is 274 g/mol. The number of nitrogens with one attached hydrogen (secondary N) is 1. The number of nitrogens with two attached hydrogens (primary N) is 1. The average molecular weight is 274 g/mol. The van der Waals surface area contributed by atoms with E-state index in [0.717, 1.165) is 0 Å². The van der Waals surface area contributed by atoms with E-state index in [-0.39, 0.29) is 18.0 Å². The van der Waals surface area contributed by atoms with Crippen molar-refractivity contribution in [1.29, 1.82) is 0 Å². The molecule has 1 amide bonds. The van der Waals surface area contributed by atoms with Crippen molar-refractivity contribution in [3.8, 4) is 0 Å². The van der Waals surface area contributed by atoms with Crippen LogP contribution in [0, 0.1) is 0 Å². The van der Waals surface area contributed by atoms with Crippen molar-refractivity contribution in [1.82, 2.24) is 14.9 Å². The topological polar surface area (TPSA) is 90.0 Å². The summed E-state index contributed by atoms with van der Waals surface area (Å²) in [7, 11) is 0. The van der Waals surface area contributed by atoms with Crippen LogP contribution in [0.2, 0.25) is 0 Å². The number of amides is 1. The zero-order valence-electron chi connectivity index (χ0n) is 11.6. The summed E-state index contributed by atoms with van der Waals surface area (Å²) in [5, 5.41) is 3.28. The van der Waals surface area contributed by atoms with Crippen LogP contribution in [0.25, 0.3) is 10.9 Å². The molecule has 0 radical (unpaired) electrons. The van der Waals surface area contributed by atoms with Crippen LogP contribution in [-0.2, 0) is 11.3 Å². The van der Waals surface area contributed by atoms with E-state index in [4.69, 9.17) is 5.73 Å². The maximum atomic E-state index is 12.2. The molecule has 0 aliphatic carbocycles. The summed E-state index contributed by atoms with van der Waals surface area (Å²) in [6.07, 6.45) is 1.39. The molecule has 0 saturated carbocycles. The zero-order chi connectivity index (χ0) is 14.8. The summed E-state index contributed by atoms with van der Waals surface area (Å²) >= 11 is 0. The number of nitrogens with zero attached hydrogens (tertiary/aromatic N) is 2. The molecule has 2 rings (SSSR count). The van der Waals surface area contributed by atoms with Crippen LogP contribution in [0.3, 0.4) is 0 Å². The van der Waals surface area contributed by atoms with E-state index in [1.807, 2.05) is 19.9 Å². The molecule has 0 aliphatic heterocycles. The number of aromatic nitrogens is 2. The van der Waals surface area contributed by atoms with E-state index in [1.54, 1.807) is 18.2 Å². The van der Waals surface area contributed by atoms with Gasteiger partial charge in [0.05, 0.1) is 17.2 Å². The lowest BCUT2D eigenvalue weighted by molar-refractivity contribution is -0.123. The van der Waals surface area contributed by atoms with Crippen molar-refractivity contribution in [3.05, 3.63) is 40.9 Å². The molecular formula is C14H18N4O2. The third-order valence-electron chi connectivity index (χ3n) is 3.03. The summed E-state index contributed by atoms with van der Waals surface area (Å²) in [5.74, 6) is -0.264. The summed E-state index contributed by atoms with van der Waals surface area (Å²) < 4.78 is 1.30. The number of carbonyl (C=O) groups excluding carboxylic acids is 1. The fourth-order valence-electron chi connectivity index (χ4n) is 1.84. The highest BCUT2D eigenvalue weighted by Crippen LogP contribution is 2.04. The molecule has 0 aliphatic rings. The largest absolute Gasteiger partial charge is 0.348 e. The molecule has 2 aromatic rings. The van der Waals surface area contributed by atoms with E-state index in [9.17, 15) is 9.59 Å². The van der Waals surface area contributed by atoms with Crippen LogP contribution < -0.4 is 16.6 Å². The number of hydrogen-bond acceptors (Lipinski definition) is 4. The van der Waals surface area contributed by atoms with Crippen molar-refractivity contribution in [2.75, 3.05) is 6.54 Å². The van der Waals surface area contributed by atoms with Gasteiger partial charge in [-0.25, -0.2) is 4.98 Å². The molecule has 6 heteroatoms. The summed E-state index contributed by atoms with van der Waals surface area (Å²) in [6.45, 7) is 3.91. The SMILES string of the molecule is CC(C)(CN)NC(=O)Cn1cnc2ccccc2c1=O. The van der Waals surface area contributed by atoms with Crippen molar-refractivity contribution < 1.29 is 4.79 Å². The first kappa shape index (κ1) is 14.2. The minimum absolute atomic E-state index is 0.0693. The smallest absolute Gasteiger partial charge is 0.261 e. The number of hydrogen-bond donors (Lipinski definition) is 2. The Morgan fingerprint density at radius 1 is 1.40 bits per heavy atom. The Labute approximate surface area is 116 Å². The van der Waals surface area contributed by atoms with Gasteiger partial charge in [0.1, 0.15) is 6.54 Å². The fourth-order valence-corrected chi connectivity index (χ4v) is 1.84. The average Bonchev–Trinajstić information content (AvgIpc) is 2.42. The van der Waals surface area contributed by atoms with Gasteiger partial charge in [-0.2, -0.15) is 0 Å². The molecule has 1 aromatic heterocycles. The van der Waals surface area contributed by atoms with Crippen LogP contribution in [0.15, 0.2) is 35.4 Å². The maximum absolute atomic E-state index is 12.2. The molecule has 0 spiro atoms. The van der Waals surface area contributed by atoms with Crippen molar-refractivity contribution in [2.45, 2.75) is 25.9 Å². The van der Waals surface area contributed by atoms with E-state index in [2.05, 4.69) is 10.3 Å². The van der Waals surface area contributed by atoms with E-state index >= 15 is 0 Å². The fraction of sp³-hybridized carbons (Fsp3) is 0.357. The molecule has 0 atom stereocenters. The van der Waals surface area contributed by atoms with Gasteiger partial charge < -0.3 is 11.1 Å². The molecule has 1 heterocycles. The van der Waals surface area contributed by atoms with E-state index in [1.165, 1.54) is 10.9 Å². The second-order valence-electron chi connectivity index (χ2n) is 5.33. The third-order valence-corrected chi connectivity index (χ3v) is 3.03. The highest BCUT2D eigenvalue weighted by molar-refractivity contribution is 5.79. The molecule has 106 valence electrons. The van der Waals surface area contributed by atoms with Gasteiger partial charge in [-0.05, 0) is 26.0 Å². The van der Waals surface area contributed by atoms with Gasteiger partial charge >= 0.3 is 0 Å². The first-order chi connectivity index (χ1) is 9.43. The van der Waals surface area contributed by atoms with Crippen LogP contribution in [0.5, 0.6) is 0 Å².